The Labute approximate surface area is 120 Å². The maximum Gasteiger partial charge on any atom is 0.256 e. The van der Waals surface area contributed by atoms with Crippen molar-refractivity contribution < 1.29 is 13.5 Å². The Morgan fingerprint density at radius 1 is 1.24 bits per heavy atom. The molecule has 1 aromatic carbocycles. The highest BCUT2D eigenvalue weighted by Crippen LogP contribution is 2.24. The zero-order valence-electron chi connectivity index (χ0n) is 11.4. The van der Waals surface area contributed by atoms with Crippen molar-refractivity contribution in [3.8, 4) is 11.6 Å². The molecular formula is C15H13F2N3O. The predicted molar refractivity (Wildman–Crippen MR) is 74.7 cm³/mol. The van der Waals surface area contributed by atoms with E-state index in [1.807, 2.05) is 18.0 Å². The third-order valence-electron chi connectivity index (χ3n) is 3.14. The van der Waals surface area contributed by atoms with Crippen molar-refractivity contribution in [2.45, 2.75) is 0 Å². The first kappa shape index (κ1) is 13.5. The maximum absolute atomic E-state index is 13.5. The first-order chi connectivity index (χ1) is 10.1. The molecule has 4 nitrogen and oxygen atoms in total. The third-order valence-corrected chi connectivity index (χ3v) is 3.14. The van der Waals surface area contributed by atoms with Gasteiger partial charge in [-0.05, 0) is 12.1 Å². The van der Waals surface area contributed by atoms with Gasteiger partial charge in [-0.25, -0.2) is 13.8 Å². The minimum atomic E-state index is -0.837. The second-order valence-corrected chi connectivity index (χ2v) is 4.70. The zero-order valence-corrected chi connectivity index (χ0v) is 11.4. The van der Waals surface area contributed by atoms with Gasteiger partial charge in [-0.2, -0.15) is 0 Å². The fourth-order valence-corrected chi connectivity index (χ4v) is 2.13. The van der Waals surface area contributed by atoms with Gasteiger partial charge in [0.05, 0.1) is 12.7 Å². The lowest BCUT2D eigenvalue weighted by atomic mass is 10.2. The van der Waals surface area contributed by atoms with Crippen LogP contribution in [0.25, 0.3) is 0 Å². The Kier molecular flexibility index (Phi) is 3.51. The average molecular weight is 289 g/mol. The topological polar surface area (TPSA) is 37.7 Å². The van der Waals surface area contributed by atoms with Crippen LogP contribution in [0.5, 0.6) is 11.6 Å². The summed E-state index contributed by atoms with van der Waals surface area (Å²) in [6.07, 6.45) is 0.914. The number of aliphatic imine (C=N–C) groups is 1. The van der Waals surface area contributed by atoms with Crippen molar-refractivity contribution >= 4 is 5.84 Å². The van der Waals surface area contributed by atoms with Crippen molar-refractivity contribution in [2.24, 2.45) is 4.99 Å². The average Bonchev–Trinajstić information content (AvgIpc) is 2.89. The van der Waals surface area contributed by atoms with Crippen LogP contribution >= 0.6 is 0 Å². The second kappa shape index (κ2) is 5.47. The molecule has 3 rings (SSSR count). The van der Waals surface area contributed by atoms with Gasteiger partial charge in [-0.1, -0.05) is 12.1 Å². The first-order valence-electron chi connectivity index (χ1n) is 6.48. The van der Waals surface area contributed by atoms with Gasteiger partial charge in [-0.3, -0.25) is 4.99 Å². The van der Waals surface area contributed by atoms with Crippen LogP contribution in [0.15, 0.2) is 41.5 Å². The maximum atomic E-state index is 13.5. The van der Waals surface area contributed by atoms with Gasteiger partial charge in [0.1, 0.15) is 17.4 Å². The summed E-state index contributed by atoms with van der Waals surface area (Å²) in [6.45, 7) is 1.62. The summed E-state index contributed by atoms with van der Waals surface area (Å²) in [4.78, 5) is 10.1. The summed E-state index contributed by atoms with van der Waals surface area (Å²) in [5.41, 5.74) is 0.884. The number of pyridine rings is 1. The molecule has 2 aromatic rings. The lowest BCUT2D eigenvalue weighted by Crippen LogP contribution is -2.23. The normalized spacial score (nSPS) is 14.2. The molecule has 0 N–H and O–H groups in total. The van der Waals surface area contributed by atoms with Gasteiger partial charge in [0, 0.05) is 25.2 Å². The molecule has 0 amide bonds. The van der Waals surface area contributed by atoms with E-state index in [9.17, 15) is 8.78 Å². The van der Waals surface area contributed by atoms with Gasteiger partial charge in [0.15, 0.2) is 5.82 Å². The fraction of sp³-hybridized carbons (Fsp3) is 0.200. The highest BCUT2D eigenvalue weighted by Gasteiger charge is 2.15. The van der Waals surface area contributed by atoms with Crippen LogP contribution in [0.2, 0.25) is 0 Å². The number of likely N-dealkylation sites (N-methyl/N-ethyl adjacent to an activating group) is 1. The van der Waals surface area contributed by atoms with Crippen LogP contribution in [0.1, 0.15) is 5.56 Å². The van der Waals surface area contributed by atoms with Gasteiger partial charge in [-0.15, -0.1) is 0 Å². The van der Waals surface area contributed by atoms with Crippen LogP contribution in [0, 0.1) is 11.6 Å². The van der Waals surface area contributed by atoms with Gasteiger partial charge in [0.25, 0.3) is 5.88 Å². The summed E-state index contributed by atoms with van der Waals surface area (Å²) < 4.78 is 31.7. The second-order valence-electron chi connectivity index (χ2n) is 4.70. The molecule has 0 unspecified atom stereocenters. The minimum Gasteiger partial charge on any atom is -0.436 e. The van der Waals surface area contributed by atoms with Crippen molar-refractivity contribution in [1.29, 1.82) is 0 Å². The van der Waals surface area contributed by atoms with E-state index in [2.05, 4.69) is 9.98 Å². The van der Waals surface area contributed by atoms with E-state index < -0.39 is 11.6 Å². The monoisotopic (exact) mass is 289 g/mol. The van der Waals surface area contributed by atoms with E-state index in [1.54, 1.807) is 18.2 Å². The summed E-state index contributed by atoms with van der Waals surface area (Å²) >= 11 is 0. The number of hydrogen-bond donors (Lipinski definition) is 0. The molecule has 6 heteroatoms. The van der Waals surface area contributed by atoms with Crippen molar-refractivity contribution in [3.63, 3.8) is 0 Å². The third kappa shape index (κ3) is 2.84. The fourth-order valence-electron chi connectivity index (χ4n) is 2.13. The number of aromatic nitrogens is 1. The van der Waals surface area contributed by atoms with Crippen LogP contribution in [-0.4, -0.2) is 35.9 Å². The van der Waals surface area contributed by atoms with Crippen LogP contribution in [-0.2, 0) is 0 Å². The summed E-state index contributed by atoms with van der Waals surface area (Å²) in [7, 11) is 1.96. The minimum absolute atomic E-state index is 0.254. The van der Waals surface area contributed by atoms with Crippen molar-refractivity contribution in [2.75, 3.05) is 20.1 Å². The quantitative estimate of drug-likeness (QED) is 0.872. The Morgan fingerprint density at radius 2 is 2.10 bits per heavy atom. The lowest BCUT2D eigenvalue weighted by molar-refractivity contribution is 0.416. The van der Waals surface area contributed by atoms with E-state index in [1.165, 1.54) is 0 Å². The van der Waals surface area contributed by atoms with Crippen LogP contribution < -0.4 is 4.74 Å². The van der Waals surface area contributed by atoms with E-state index in [4.69, 9.17) is 4.74 Å². The lowest BCUT2D eigenvalue weighted by Gasteiger charge is -2.14. The molecule has 108 valence electrons. The van der Waals surface area contributed by atoms with E-state index in [-0.39, 0.29) is 5.88 Å². The summed E-state index contributed by atoms with van der Waals surface area (Å²) in [6, 6.07) is 7.87. The molecule has 0 fully saturated rings. The summed E-state index contributed by atoms with van der Waals surface area (Å²) in [5.74, 6) is -0.539. The Morgan fingerprint density at radius 3 is 2.81 bits per heavy atom. The standard InChI is InChI=1S/C15H13F2N3O/c1-20-6-5-18-14(20)10-3-2-4-12(7-10)21-15-13(17)8-11(16)9-19-15/h2-4,7-9H,5-6H2,1H3. The Bertz CT molecular complexity index is 703. The number of amidine groups is 1. The van der Waals surface area contributed by atoms with E-state index >= 15 is 0 Å². The number of ether oxygens (including phenoxy) is 1. The Hall–Kier alpha value is -2.50. The molecule has 0 saturated carbocycles. The number of nitrogens with zero attached hydrogens (tertiary/aromatic N) is 3. The number of rotatable bonds is 3. The predicted octanol–water partition coefficient (Wildman–Crippen LogP) is 2.84. The van der Waals surface area contributed by atoms with Crippen molar-refractivity contribution in [3.05, 3.63) is 53.7 Å². The number of hydrogen-bond acceptors (Lipinski definition) is 4. The van der Waals surface area contributed by atoms with Gasteiger partial charge >= 0.3 is 0 Å². The van der Waals surface area contributed by atoms with Gasteiger partial charge < -0.3 is 9.64 Å². The highest BCUT2D eigenvalue weighted by molar-refractivity contribution is 5.99. The smallest absolute Gasteiger partial charge is 0.256 e. The zero-order chi connectivity index (χ0) is 14.8. The molecule has 0 aliphatic carbocycles. The summed E-state index contributed by atoms with van der Waals surface area (Å²) in [5, 5.41) is 0. The molecule has 0 saturated heterocycles. The van der Waals surface area contributed by atoms with E-state index in [0.29, 0.717) is 5.75 Å². The van der Waals surface area contributed by atoms with Crippen LogP contribution in [0.3, 0.4) is 0 Å². The number of halogens is 2. The van der Waals surface area contributed by atoms with Crippen LogP contribution in [0.4, 0.5) is 8.78 Å². The largest absolute Gasteiger partial charge is 0.436 e. The Balaban J connectivity index is 1.86. The van der Waals surface area contributed by atoms with E-state index in [0.717, 1.165) is 36.8 Å². The van der Waals surface area contributed by atoms with Gasteiger partial charge in [0.2, 0.25) is 0 Å². The SMILES string of the molecule is CN1CCN=C1c1cccc(Oc2ncc(F)cc2F)c1. The highest BCUT2D eigenvalue weighted by atomic mass is 19.1. The van der Waals surface area contributed by atoms with Crippen molar-refractivity contribution in [1.82, 2.24) is 9.88 Å². The molecule has 0 spiro atoms. The molecular weight excluding hydrogens is 276 g/mol. The molecule has 0 radical (unpaired) electrons. The number of benzene rings is 1. The molecule has 1 aliphatic heterocycles. The molecule has 1 aliphatic rings. The molecule has 2 heterocycles. The molecule has 21 heavy (non-hydrogen) atoms. The molecule has 0 atom stereocenters. The molecule has 0 bridgehead atoms. The first-order valence-corrected chi connectivity index (χ1v) is 6.48. The molecule has 1 aromatic heterocycles.